The third-order valence-electron chi connectivity index (χ3n) is 4.54. The van der Waals surface area contributed by atoms with Crippen molar-refractivity contribution in [3.63, 3.8) is 0 Å². The van der Waals surface area contributed by atoms with Crippen molar-refractivity contribution in [2.45, 2.75) is 37.7 Å². The van der Waals surface area contributed by atoms with E-state index in [2.05, 4.69) is 9.88 Å². The summed E-state index contributed by atoms with van der Waals surface area (Å²) in [7, 11) is 0. The van der Waals surface area contributed by atoms with Gasteiger partial charge in [-0.25, -0.2) is 4.98 Å². The molecule has 1 saturated heterocycles. The molecule has 0 spiro atoms. The second-order valence-electron chi connectivity index (χ2n) is 5.66. The molecule has 0 bridgehead atoms. The molecule has 2 fully saturated rings. The molecule has 2 unspecified atom stereocenters. The van der Waals surface area contributed by atoms with E-state index in [0.717, 1.165) is 43.9 Å². The van der Waals surface area contributed by atoms with Crippen LogP contribution in [0.1, 0.15) is 32.1 Å². The van der Waals surface area contributed by atoms with E-state index in [0.29, 0.717) is 5.92 Å². The van der Waals surface area contributed by atoms with Gasteiger partial charge in [0.05, 0.1) is 11.3 Å². The van der Waals surface area contributed by atoms with E-state index in [4.69, 9.17) is 5.73 Å². The van der Waals surface area contributed by atoms with Gasteiger partial charge >= 0.3 is 0 Å². The lowest BCUT2D eigenvalue weighted by Crippen LogP contribution is -2.53. The first kappa shape index (κ1) is 11.8. The van der Waals surface area contributed by atoms with Crippen LogP contribution in [0.25, 0.3) is 0 Å². The fourth-order valence-corrected chi connectivity index (χ4v) is 3.44. The molecule has 0 radical (unpaired) electrons. The minimum Gasteiger partial charge on any atom is -0.396 e. The fourth-order valence-electron chi connectivity index (χ4n) is 3.44. The van der Waals surface area contributed by atoms with Gasteiger partial charge in [0.2, 0.25) is 0 Å². The predicted octanol–water partition coefficient (Wildman–Crippen LogP) is 1.80. The van der Waals surface area contributed by atoms with E-state index in [9.17, 15) is 5.11 Å². The number of pyridine rings is 1. The lowest BCUT2D eigenvalue weighted by atomic mass is 9.71. The lowest BCUT2D eigenvalue weighted by Gasteiger charge is -2.47. The molecule has 2 heterocycles. The van der Waals surface area contributed by atoms with Crippen molar-refractivity contribution in [3.05, 3.63) is 18.3 Å². The van der Waals surface area contributed by atoms with Crippen LogP contribution < -0.4 is 10.6 Å². The van der Waals surface area contributed by atoms with Gasteiger partial charge in [-0.3, -0.25) is 0 Å². The molecule has 1 aromatic heterocycles. The van der Waals surface area contributed by atoms with Crippen LogP contribution in [0.15, 0.2) is 18.3 Å². The van der Waals surface area contributed by atoms with Crippen molar-refractivity contribution in [1.82, 2.24) is 4.98 Å². The Morgan fingerprint density at radius 1 is 1.39 bits per heavy atom. The number of fused-ring (bicyclic) bond motifs is 1. The molecule has 4 nitrogen and oxygen atoms in total. The van der Waals surface area contributed by atoms with Crippen LogP contribution in [-0.2, 0) is 0 Å². The van der Waals surface area contributed by atoms with Crippen LogP contribution in [0.2, 0.25) is 0 Å². The maximum atomic E-state index is 10.6. The summed E-state index contributed by atoms with van der Waals surface area (Å²) in [5.41, 5.74) is 6.29. The van der Waals surface area contributed by atoms with Gasteiger partial charge in [0.1, 0.15) is 0 Å². The van der Waals surface area contributed by atoms with Gasteiger partial charge in [0.15, 0.2) is 5.82 Å². The van der Waals surface area contributed by atoms with Crippen molar-refractivity contribution in [3.8, 4) is 0 Å². The zero-order valence-corrected chi connectivity index (χ0v) is 10.7. The molecular weight excluding hydrogens is 226 g/mol. The number of rotatable bonds is 1. The number of nitrogen functional groups attached to an aromatic ring is 1. The van der Waals surface area contributed by atoms with E-state index < -0.39 is 5.60 Å². The van der Waals surface area contributed by atoms with Gasteiger partial charge in [-0.05, 0) is 31.4 Å². The first-order valence-electron chi connectivity index (χ1n) is 6.87. The molecule has 0 aromatic carbocycles. The smallest absolute Gasteiger partial charge is 0.151 e. The number of aromatic nitrogens is 1. The Morgan fingerprint density at radius 3 is 3.11 bits per heavy atom. The van der Waals surface area contributed by atoms with Crippen LogP contribution in [0.3, 0.4) is 0 Å². The second-order valence-corrected chi connectivity index (χ2v) is 5.66. The number of nitrogens with zero attached hydrogens (tertiary/aromatic N) is 2. The Morgan fingerprint density at radius 2 is 2.28 bits per heavy atom. The third-order valence-corrected chi connectivity index (χ3v) is 4.54. The maximum absolute atomic E-state index is 10.6. The van der Waals surface area contributed by atoms with Gasteiger partial charge in [-0.15, -0.1) is 0 Å². The SMILES string of the molecule is Nc1cccnc1N1CCC2(O)CCCCC2C1. The van der Waals surface area contributed by atoms with E-state index in [1.807, 2.05) is 12.1 Å². The van der Waals surface area contributed by atoms with Gasteiger partial charge in [0, 0.05) is 25.2 Å². The van der Waals surface area contributed by atoms with Gasteiger partial charge in [0.25, 0.3) is 0 Å². The summed E-state index contributed by atoms with van der Waals surface area (Å²) in [5, 5.41) is 10.6. The van der Waals surface area contributed by atoms with E-state index in [1.54, 1.807) is 6.20 Å². The van der Waals surface area contributed by atoms with Crippen molar-refractivity contribution in [2.24, 2.45) is 5.92 Å². The highest BCUT2D eigenvalue weighted by atomic mass is 16.3. The van der Waals surface area contributed by atoms with E-state index >= 15 is 0 Å². The van der Waals surface area contributed by atoms with Crippen molar-refractivity contribution in [2.75, 3.05) is 23.7 Å². The molecule has 4 heteroatoms. The standard InChI is InChI=1S/C14H21N3O/c15-12-5-3-8-16-13(12)17-9-7-14(18)6-2-1-4-11(14)10-17/h3,5,8,11,18H,1-2,4,6-7,9-10,15H2. The number of anilines is 2. The molecule has 0 amide bonds. The molecule has 3 rings (SSSR count). The van der Waals surface area contributed by atoms with Crippen LogP contribution in [0.5, 0.6) is 0 Å². The second kappa shape index (κ2) is 4.43. The van der Waals surface area contributed by atoms with E-state index in [-0.39, 0.29) is 0 Å². The molecule has 98 valence electrons. The number of nitrogens with two attached hydrogens (primary N) is 1. The number of hydrogen-bond acceptors (Lipinski definition) is 4. The molecule has 1 aromatic rings. The first-order valence-corrected chi connectivity index (χ1v) is 6.87. The minimum atomic E-state index is -0.432. The zero-order chi connectivity index (χ0) is 12.6. The normalized spacial score (nSPS) is 32.1. The van der Waals surface area contributed by atoms with Crippen LogP contribution in [0, 0.1) is 5.92 Å². The van der Waals surface area contributed by atoms with Crippen LogP contribution in [-0.4, -0.2) is 28.8 Å². The number of aliphatic hydroxyl groups is 1. The summed E-state index contributed by atoms with van der Waals surface area (Å²) in [5.74, 6) is 1.26. The van der Waals surface area contributed by atoms with Crippen molar-refractivity contribution < 1.29 is 5.11 Å². The predicted molar refractivity (Wildman–Crippen MR) is 72.4 cm³/mol. The topological polar surface area (TPSA) is 62.4 Å². The molecule has 2 atom stereocenters. The van der Waals surface area contributed by atoms with Crippen molar-refractivity contribution >= 4 is 11.5 Å². The molecule has 18 heavy (non-hydrogen) atoms. The average Bonchev–Trinajstić information content (AvgIpc) is 2.38. The van der Waals surface area contributed by atoms with Gasteiger partial charge in [-0.2, -0.15) is 0 Å². The summed E-state index contributed by atoms with van der Waals surface area (Å²) in [6.45, 7) is 1.74. The summed E-state index contributed by atoms with van der Waals surface area (Å²) in [6, 6.07) is 3.75. The Balaban J connectivity index is 1.80. The highest BCUT2D eigenvalue weighted by molar-refractivity contribution is 5.62. The quantitative estimate of drug-likeness (QED) is 0.794. The van der Waals surface area contributed by atoms with Crippen molar-refractivity contribution in [1.29, 1.82) is 0 Å². The summed E-state index contributed by atoms with van der Waals surface area (Å²) < 4.78 is 0. The molecule has 2 aliphatic rings. The average molecular weight is 247 g/mol. The molecule has 3 N–H and O–H groups in total. The summed E-state index contributed by atoms with van der Waals surface area (Å²) in [4.78, 5) is 6.62. The molecule has 1 saturated carbocycles. The maximum Gasteiger partial charge on any atom is 0.151 e. The largest absolute Gasteiger partial charge is 0.396 e. The highest BCUT2D eigenvalue weighted by Gasteiger charge is 2.43. The summed E-state index contributed by atoms with van der Waals surface area (Å²) >= 11 is 0. The van der Waals surface area contributed by atoms with E-state index in [1.165, 1.54) is 12.8 Å². The van der Waals surface area contributed by atoms with Crippen LogP contribution >= 0.6 is 0 Å². The van der Waals surface area contributed by atoms with Crippen LogP contribution in [0.4, 0.5) is 11.5 Å². The van der Waals surface area contributed by atoms with Gasteiger partial charge < -0.3 is 15.7 Å². The Hall–Kier alpha value is -1.29. The summed E-state index contributed by atoms with van der Waals surface area (Å²) in [6.07, 6.45) is 7.11. The Labute approximate surface area is 108 Å². The number of piperidine rings is 1. The third kappa shape index (κ3) is 1.94. The zero-order valence-electron chi connectivity index (χ0n) is 10.7. The minimum absolute atomic E-state index is 0.376. The fraction of sp³-hybridized carbons (Fsp3) is 0.643. The Kier molecular flexibility index (Phi) is 2.90. The number of hydrogen-bond donors (Lipinski definition) is 2. The molecule has 1 aliphatic carbocycles. The monoisotopic (exact) mass is 247 g/mol. The first-order chi connectivity index (χ1) is 8.69. The highest BCUT2D eigenvalue weighted by Crippen LogP contribution is 2.41. The molecule has 1 aliphatic heterocycles. The molecular formula is C14H21N3O. The van der Waals surface area contributed by atoms with Gasteiger partial charge in [-0.1, -0.05) is 12.8 Å². The lowest BCUT2D eigenvalue weighted by molar-refractivity contribution is -0.0613. The Bertz CT molecular complexity index is 437.